The first kappa shape index (κ1) is 16.7. The number of hydrogen-bond acceptors (Lipinski definition) is 5. The summed E-state index contributed by atoms with van der Waals surface area (Å²) in [7, 11) is 0.672. The van der Waals surface area contributed by atoms with Gasteiger partial charge in [0.15, 0.2) is 0 Å². The van der Waals surface area contributed by atoms with Crippen LogP contribution < -0.4 is 5.46 Å². The summed E-state index contributed by atoms with van der Waals surface area (Å²) in [4.78, 5) is 23.1. The molecule has 22 heavy (non-hydrogen) atoms. The molecule has 0 unspecified atom stereocenters. The van der Waals surface area contributed by atoms with Gasteiger partial charge in [-0.2, -0.15) is 0 Å². The molecule has 1 heterocycles. The summed E-state index contributed by atoms with van der Waals surface area (Å²) < 4.78 is 16.8. The van der Waals surface area contributed by atoms with Crippen molar-refractivity contribution in [3.05, 3.63) is 28.8 Å². The third-order valence-corrected chi connectivity index (χ3v) is 4.54. The van der Waals surface area contributed by atoms with Crippen molar-refractivity contribution in [2.24, 2.45) is 0 Å². The number of rotatable bonds is 3. The standard InChI is InChI=1S/C16H21BO5/c1-10-12(9-18)7-11(14(19)20-6)8-13(10)17-21-15(2,3)16(4,5)22-17/h7-9H,1-6H3. The van der Waals surface area contributed by atoms with Gasteiger partial charge in [-0.05, 0) is 57.8 Å². The molecule has 6 heteroatoms. The molecule has 0 N–H and O–H groups in total. The smallest absolute Gasteiger partial charge is 0.465 e. The summed E-state index contributed by atoms with van der Waals surface area (Å²) in [5.41, 5.74) is 1.15. The maximum absolute atomic E-state index is 11.8. The van der Waals surface area contributed by atoms with Crippen LogP contribution in [0.2, 0.25) is 0 Å². The highest BCUT2D eigenvalue weighted by atomic mass is 16.7. The summed E-state index contributed by atoms with van der Waals surface area (Å²) in [5.74, 6) is -0.499. The first-order chi connectivity index (χ1) is 10.1. The summed E-state index contributed by atoms with van der Waals surface area (Å²) in [6.45, 7) is 9.62. The van der Waals surface area contributed by atoms with Crippen molar-refractivity contribution in [2.45, 2.75) is 45.8 Å². The molecular weight excluding hydrogens is 283 g/mol. The zero-order chi connectivity index (χ0) is 16.7. The second kappa shape index (κ2) is 5.52. The maximum atomic E-state index is 11.8. The van der Waals surface area contributed by atoms with E-state index < -0.39 is 24.3 Å². The van der Waals surface area contributed by atoms with Crippen molar-refractivity contribution in [3.63, 3.8) is 0 Å². The summed E-state index contributed by atoms with van der Waals surface area (Å²) in [6.07, 6.45) is 0.719. The lowest BCUT2D eigenvalue weighted by Gasteiger charge is -2.32. The highest BCUT2D eigenvalue weighted by molar-refractivity contribution is 6.63. The molecule has 5 nitrogen and oxygen atoms in total. The van der Waals surface area contributed by atoms with E-state index in [1.165, 1.54) is 13.2 Å². The Labute approximate surface area is 131 Å². The van der Waals surface area contributed by atoms with Gasteiger partial charge in [-0.1, -0.05) is 0 Å². The quantitative estimate of drug-likeness (QED) is 0.485. The molecule has 2 rings (SSSR count). The molecule has 0 radical (unpaired) electrons. The first-order valence-corrected chi connectivity index (χ1v) is 7.16. The van der Waals surface area contributed by atoms with Crippen LogP contribution in [0.1, 0.15) is 54.0 Å². The summed E-state index contributed by atoms with van der Waals surface area (Å²) in [5, 5.41) is 0. The van der Waals surface area contributed by atoms with Gasteiger partial charge in [0.25, 0.3) is 0 Å². The van der Waals surface area contributed by atoms with Crippen molar-refractivity contribution >= 4 is 24.8 Å². The van der Waals surface area contributed by atoms with E-state index >= 15 is 0 Å². The molecule has 0 aromatic heterocycles. The maximum Gasteiger partial charge on any atom is 0.495 e. The molecule has 1 aliphatic heterocycles. The van der Waals surface area contributed by atoms with Crippen molar-refractivity contribution in [2.75, 3.05) is 7.11 Å². The number of esters is 1. The molecule has 1 aromatic rings. The number of ether oxygens (including phenoxy) is 1. The number of methoxy groups -OCH3 is 1. The van der Waals surface area contributed by atoms with E-state index in [0.29, 0.717) is 16.6 Å². The highest BCUT2D eigenvalue weighted by Crippen LogP contribution is 2.36. The lowest BCUT2D eigenvalue weighted by molar-refractivity contribution is 0.00578. The van der Waals surface area contributed by atoms with Crippen LogP contribution in [-0.2, 0) is 14.0 Å². The normalized spacial score (nSPS) is 19.1. The third kappa shape index (κ3) is 2.68. The molecule has 0 saturated carbocycles. The minimum atomic E-state index is -0.631. The SMILES string of the molecule is COC(=O)c1cc(C=O)c(C)c(B2OC(C)(C)C(C)(C)O2)c1. The number of carbonyl (C=O) groups is 2. The van der Waals surface area contributed by atoms with Gasteiger partial charge in [-0.15, -0.1) is 0 Å². The first-order valence-electron chi connectivity index (χ1n) is 7.16. The van der Waals surface area contributed by atoms with Crippen molar-refractivity contribution in [1.29, 1.82) is 0 Å². The van der Waals surface area contributed by atoms with Crippen molar-refractivity contribution < 1.29 is 23.6 Å². The molecule has 0 aliphatic carbocycles. The van der Waals surface area contributed by atoms with Crippen LogP contribution in [0.4, 0.5) is 0 Å². The van der Waals surface area contributed by atoms with Crippen LogP contribution in [0.5, 0.6) is 0 Å². The lowest BCUT2D eigenvalue weighted by Crippen LogP contribution is -2.41. The lowest BCUT2D eigenvalue weighted by atomic mass is 9.74. The van der Waals surface area contributed by atoms with Crippen molar-refractivity contribution in [3.8, 4) is 0 Å². The van der Waals surface area contributed by atoms with Crippen LogP contribution in [0.3, 0.4) is 0 Å². The van der Waals surface area contributed by atoms with Gasteiger partial charge in [0.2, 0.25) is 0 Å². The fourth-order valence-electron chi connectivity index (χ4n) is 2.33. The van der Waals surface area contributed by atoms with Gasteiger partial charge >= 0.3 is 13.1 Å². The Morgan fingerprint density at radius 3 is 2.18 bits per heavy atom. The fraction of sp³-hybridized carbons (Fsp3) is 0.500. The average molecular weight is 304 g/mol. The molecule has 0 bridgehead atoms. The summed E-state index contributed by atoms with van der Waals surface area (Å²) >= 11 is 0. The van der Waals surface area contributed by atoms with E-state index in [1.54, 1.807) is 6.07 Å². The Morgan fingerprint density at radius 1 is 1.18 bits per heavy atom. The predicted molar refractivity (Wildman–Crippen MR) is 83.6 cm³/mol. The molecule has 1 saturated heterocycles. The monoisotopic (exact) mass is 304 g/mol. The van der Waals surface area contributed by atoms with E-state index in [4.69, 9.17) is 14.0 Å². The molecule has 1 fully saturated rings. The van der Waals surface area contributed by atoms with Gasteiger partial charge in [-0.25, -0.2) is 4.79 Å². The van der Waals surface area contributed by atoms with Crippen LogP contribution in [0.15, 0.2) is 12.1 Å². The van der Waals surface area contributed by atoms with Crippen LogP contribution >= 0.6 is 0 Å². The molecule has 1 aliphatic rings. The Balaban J connectivity index is 2.52. The van der Waals surface area contributed by atoms with E-state index in [2.05, 4.69) is 0 Å². The van der Waals surface area contributed by atoms with E-state index in [0.717, 1.165) is 11.8 Å². The van der Waals surface area contributed by atoms with Gasteiger partial charge < -0.3 is 14.0 Å². The molecule has 118 valence electrons. The molecule has 1 aromatic carbocycles. The highest BCUT2D eigenvalue weighted by Gasteiger charge is 2.52. The van der Waals surface area contributed by atoms with Crippen molar-refractivity contribution in [1.82, 2.24) is 0 Å². The minimum Gasteiger partial charge on any atom is -0.465 e. The Kier molecular flexibility index (Phi) is 4.19. The second-order valence-electron chi connectivity index (χ2n) is 6.48. The van der Waals surface area contributed by atoms with Crippen LogP contribution in [0, 0.1) is 6.92 Å². The summed E-state index contributed by atoms with van der Waals surface area (Å²) in [6, 6.07) is 3.18. The number of carbonyl (C=O) groups excluding carboxylic acids is 2. The zero-order valence-corrected chi connectivity index (χ0v) is 13.9. The topological polar surface area (TPSA) is 61.8 Å². The van der Waals surface area contributed by atoms with Crippen LogP contribution in [0.25, 0.3) is 0 Å². The molecule has 0 spiro atoms. The molecular formula is C16H21BO5. The van der Waals surface area contributed by atoms with Gasteiger partial charge in [0.1, 0.15) is 6.29 Å². The fourth-order valence-corrected chi connectivity index (χ4v) is 2.33. The zero-order valence-electron chi connectivity index (χ0n) is 13.9. The van der Waals surface area contributed by atoms with Gasteiger partial charge in [0.05, 0.1) is 23.9 Å². The van der Waals surface area contributed by atoms with E-state index in [1.807, 2.05) is 34.6 Å². The number of hydrogen-bond donors (Lipinski definition) is 0. The largest absolute Gasteiger partial charge is 0.495 e. The van der Waals surface area contributed by atoms with E-state index in [9.17, 15) is 9.59 Å². The number of aldehydes is 1. The predicted octanol–water partition coefficient (Wildman–Crippen LogP) is 1.89. The number of benzene rings is 1. The third-order valence-electron chi connectivity index (χ3n) is 4.54. The molecule has 0 atom stereocenters. The van der Waals surface area contributed by atoms with E-state index in [-0.39, 0.29) is 0 Å². The Morgan fingerprint density at radius 2 is 1.73 bits per heavy atom. The average Bonchev–Trinajstić information content (AvgIpc) is 2.66. The minimum absolute atomic E-state index is 0.305. The van der Waals surface area contributed by atoms with Gasteiger partial charge in [0, 0.05) is 5.56 Å². The molecule has 0 amide bonds. The van der Waals surface area contributed by atoms with Crippen LogP contribution in [-0.4, -0.2) is 37.7 Å². The second-order valence-corrected chi connectivity index (χ2v) is 6.48. The van der Waals surface area contributed by atoms with Gasteiger partial charge in [-0.3, -0.25) is 4.79 Å². The Hall–Kier alpha value is -1.66. The Bertz CT molecular complexity index is 605.